The second kappa shape index (κ2) is 4.75. The Morgan fingerprint density at radius 3 is 2.50 bits per heavy atom. The molecule has 3 heteroatoms. The summed E-state index contributed by atoms with van der Waals surface area (Å²) >= 11 is 0. The maximum absolute atomic E-state index is 5.33. The van der Waals surface area contributed by atoms with Gasteiger partial charge >= 0.3 is 0 Å². The molecule has 1 rings (SSSR count). The number of hydrogen-bond donors (Lipinski definition) is 0. The van der Waals surface area contributed by atoms with Gasteiger partial charge in [0, 0.05) is 0 Å². The molecule has 1 saturated heterocycles. The number of hydrogen-bond acceptors (Lipinski definition) is 2. The average Bonchev–Trinajstić information content (AvgIpc) is 2.41. The molecule has 1 aliphatic heterocycles. The molecule has 0 aromatic heterocycles. The quantitative estimate of drug-likeness (QED) is 0.430. The zero-order valence-corrected chi connectivity index (χ0v) is 6.21. The highest BCUT2D eigenvalue weighted by Crippen LogP contribution is 2.11. The summed E-state index contributed by atoms with van der Waals surface area (Å²) < 4.78 is 10.5. The summed E-state index contributed by atoms with van der Waals surface area (Å²) in [5.41, 5.74) is 0. The maximum atomic E-state index is 5.33. The molecule has 0 aliphatic carbocycles. The molecule has 56 valence electrons. The molecule has 0 unspecified atom stereocenters. The van der Waals surface area contributed by atoms with Gasteiger partial charge in [0.15, 0.2) is 6.29 Å². The molecule has 0 bridgehead atoms. The fourth-order valence-electron chi connectivity index (χ4n) is 1.03. The lowest BCUT2D eigenvalue weighted by molar-refractivity contribution is -0.0477. The Morgan fingerprint density at radius 1 is 1.20 bits per heavy atom. The Hall–Kier alpha value is -0.0151. The Balaban J connectivity index is 1.91. The van der Waals surface area contributed by atoms with E-state index in [1.807, 2.05) is 0 Å². The zero-order valence-electron chi connectivity index (χ0n) is 6.21. The molecule has 0 saturated carbocycles. The molecule has 0 atom stereocenters. The normalized spacial score (nSPS) is 20.0. The van der Waals surface area contributed by atoms with Crippen LogP contribution in [0.4, 0.5) is 0 Å². The van der Waals surface area contributed by atoms with Gasteiger partial charge in [-0.05, 0) is 12.8 Å². The van der Waals surface area contributed by atoms with Gasteiger partial charge < -0.3 is 9.47 Å². The Bertz CT molecular complexity index is 81.7. The first-order valence-electron chi connectivity index (χ1n) is 3.87. The van der Waals surface area contributed by atoms with Crippen molar-refractivity contribution in [2.24, 2.45) is 0 Å². The summed E-state index contributed by atoms with van der Waals surface area (Å²) in [5, 5.41) is 0. The summed E-state index contributed by atoms with van der Waals surface area (Å²) in [6.45, 7) is 1.51. The number of unbranched alkanes of at least 4 members (excludes halogenated alkanes) is 1. The molecule has 2 nitrogen and oxygen atoms in total. The SMILES string of the molecule is [B]CCCCC1OCCO1. The van der Waals surface area contributed by atoms with Gasteiger partial charge in [-0.25, -0.2) is 0 Å². The van der Waals surface area contributed by atoms with E-state index < -0.39 is 0 Å². The second-order valence-corrected chi connectivity index (χ2v) is 2.46. The lowest BCUT2D eigenvalue weighted by atomic mass is 9.99. The molecular weight excluding hydrogens is 127 g/mol. The van der Waals surface area contributed by atoms with E-state index in [0.29, 0.717) is 0 Å². The van der Waals surface area contributed by atoms with Crippen LogP contribution in [0.25, 0.3) is 0 Å². The van der Waals surface area contributed by atoms with Crippen molar-refractivity contribution in [1.29, 1.82) is 0 Å². The third-order valence-corrected chi connectivity index (χ3v) is 1.58. The third kappa shape index (κ3) is 2.71. The van der Waals surface area contributed by atoms with E-state index in [9.17, 15) is 0 Å². The largest absolute Gasteiger partial charge is 0.350 e. The summed E-state index contributed by atoms with van der Waals surface area (Å²) in [7, 11) is 5.33. The van der Waals surface area contributed by atoms with Crippen LogP contribution in [0, 0.1) is 0 Å². The second-order valence-electron chi connectivity index (χ2n) is 2.46. The molecule has 0 N–H and O–H groups in total. The molecule has 10 heavy (non-hydrogen) atoms. The lowest BCUT2D eigenvalue weighted by Crippen LogP contribution is -2.06. The van der Waals surface area contributed by atoms with Crippen molar-refractivity contribution in [3.05, 3.63) is 0 Å². The maximum Gasteiger partial charge on any atom is 0.157 e. The first-order valence-corrected chi connectivity index (χ1v) is 3.87. The highest BCUT2D eigenvalue weighted by molar-refractivity contribution is 6.08. The molecule has 1 heterocycles. The van der Waals surface area contributed by atoms with Crippen LogP contribution in [0.15, 0.2) is 0 Å². The standard InChI is InChI=1S/C7H13BO2/c8-4-2-1-3-7-9-5-6-10-7/h7H,1-6H2. The van der Waals surface area contributed by atoms with Crippen molar-refractivity contribution in [1.82, 2.24) is 0 Å². The predicted molar refractivity (Wildman–Crippen MR) is 40.1 cm³/mol. The van der Waals surface area contributed by atoms with Crippen LogP contribution in [0.2, 0.25) is 6.32 Å². The molecule has 0 amide bonds. The Kier molecular flexibility index (Phi) is 3.84. The molecule has 0 spiro atoms. The van der Waals surface area contributed by atoms with Gasteiger partial charge in [-0.1, -0.05) is 12.7 Å². The van der Waals surface area contributed by atoms with Crippen LogP contribution in [0.3, 0.4) is 0 Å². The van der Waals surface area contributed by atoms with Gasteiger partial charge in [-0.2, -0.15) is 0 Å². The third-order valence-electron chi connectivity index (χ3n) is 1.58. The smallest absolute Gasteiger partial charge is 0.157 e. The van der Waals surface area contributed by atoms with Crippen LogP contribution in [-0.2, 0) is 9.47 Å². The molecule has 1 fully saturated rings. The van der Waals surface area contributed by atoms with E-state index in [1.54, 1.807) is 0 Å². The van der Waals surface area contributed by atoms with Gasteiger partial charge in [0.2, 0.25) is 0 Å². The number of rotatable bonds is 4. The monoisotopic (exact) mass is 140 g/mol. The van der Waals surface area contributed by atoms with Crippen molar-refractivity contribution >= 4 is 7.85 Å². The minimum Gasteiger partial charge on any atom is -0.350 e. The van der Waals surface area contributed by atoms with Gasteiger partial charge in [-0.15, -0.1) is 0 Å². The van der Waals surface area contributed by atoms with E-state index >= 15 is 0 Å². The van der Waals surface area contributed by atoms with E-state index in [4.69, 9.17) is 17.3 Å². The Morgan fingerprint density at radius 2 is 1.90 bits per heavy atom. The van der Waals surface area contributed by atoms with Crippen LogP contribution in [0.5, 0.6) is 0 Å². The zero-order chi connectivity index (χ0) is 7.23. The van der Waals surface area contributed by atoms with E-state index in [0.717, 1.165) is 38.8 Å². The topological polar surface area (TPSA) is 18.5 Å². The van der Waals surface area contributed by atoms with Crippen LogP contribution >= 0.6 is 0 Å². The fraction of sp³-hybridized carbons (Fsp3) is 1.00. The Labute approximate surface area is 63.3 Å². The van der Waals surface area contributed by atoms with Crippen molar-refractivity contribution in [3.8, 4) is 0 Å². The first kappa shape index (κ1) is 8.09. The average molecular weight is 140 g/mol. The van der Waals surface area contributed by atoms with Gasteiger partial charge in [-0.3, -0.25) is 0 Å². The predicted octanol–water partition coefficient (Wildman–Crippen LogP) is 1.12. The summed E-state index contributed by atoms with van der Waals surface area (Å²) in [6.07, 6.45) is 4.01. The molecule has 0 aromatic carbocycles. The van der Waals surface area contributed by atoms with Crippen LogP contribution < -0.4 is 0 Å². The van der Waals surface area contributed by atoms with E-state index in [1.165, 1.54) is 0 Å². The van der Waals surface area contributed by atoms with Gasteiger partial charge in [0.25, 0.3) is 0 Å². The fourth-order valence-corrected chi connectivity index (χ4v) is 1.03. The highest BCUT2D eigenvalue weighted by Gasteiger charge is 2.14. The summed E-state index contributed by atoms with van der Waals surface area (Å²) in [4.78, 5) is 0. The van der Waals surface area contributed by atoms with E-state index in [2.05, 4.69) is 0 Å². The van der Waals surface area contributed by atoms with Crippen molar-refractivity contribution in [2.75, 3.05) is 13.2 Å². The van der Waals surface area contributed by atoms with E-state index in [-0.39, 0.29) is 6.29 Å². The molecular formula is C7H13BO2. The lowest BCUT2D eigenvalue weighted by Gasteiger charge is -2.06. The van der Waals surface area contributed by atoms with Crippen molar-refractivity contribution in [2.45, 2.75) is 31.9 Å². The van der Waals surface area contributed by atoms with Gasteiger partial charge in [0.05, 0.1) is 21.1 Å². The van der Waals surface area contributed by atoms with Crippen LogP contribution in [0.1, 0.15) is 19.3 Å². The molecule has 0 aromatic rings. The first-order chi connectivity index (χ1) is 4.93. The number of ether oxygens (including phenoxy) is 2. The molecule has 2 radical (unpaired) electrons. The van der Waals surface area contributed by atoms with Crippen LogP contribution in [-0.4, -0.2) is 27.4 Å². The minimum atomic E-state index is 0.0616. The van der Waals surface area contributed by atoms with Gasteiger partial charge in [0.1, 0.15) is 0 Å². The summed E-state index contributed by atoms with van der Waals surface area (Å²) in [5.74, 6) is 0. The van der Waals surface area contributed by atoms with Crippen molar-refractivity contribution < 1.29 is 9.47 Å². The summed E-state index contributed by atoms with van der Waals surface area (Å²) in [6, 6.07) is 0. The van der Waals surface area contributed by atoms with Crippen molar-refractivity contribution in [3.63, 3.8) is 0 Å². The highest BCUT2D eigenvalue weighted by atomic mass is 16.7. The molecule has 1 aliphatic rings. The minimum absolute atomic E-state index is 0.0616.